The van der Waals surface area contributed by atoms with Gasteiger partial charge in [0, 0.05) is 19.3 Å². The fraction of sp³-hybridized carbons (Fsp3) is 0.688. The van der Waals surface area contributed by atoms with Crippen LogP contribution in [0, 0.1) is 6.92 Å². The van der Waals surface area contributed by atoms with Crippen LogP contribution in [0.25, 0.3) is 0 Å². The number of aromatic nitrogens is 1. The summed E-state index contributed by atoms with van der Waals surface area (Å²) in [6.45, 7) is 3.59. The summed E-state index contributed by atoms with van der Waals surface area (Å²) in [4.78, 5) is 4.19. The number of sulfonamides is 1. The van der Waals surface area contributed by atoms with Crippen LogP contribution in [0.4, 0.5) is 0 Å². The van der Waals surface area contributed by atoms with Crippen LogP contribution in [0.1, 0.15) is 31.4 Å². The first-order valence-electron chi connectivity index (χ1n) is 8.22. The fourth-order valence-corrected chi connectivity index (χ4v) is 4.70. The molecule has 23 heavy (non-hydrogen) atoms. The molecule has 0 saturated carbocycles. The van der Waals surface area contributed by atoms with Gasteiger partial charge in [-0.25, -0.2) is 8.42 Å². The molecule has 0 radical (unpaired) electrons. The van der Waals surface area contributed by atoms with Crippen molar-refractivity contribution in [3.8, 4) is 5.75 Å². The molecule has 0 spiro atoms. The summed E-state index contributed by atoms with van der Waals surface area (Å²) in [5, 5.41) is 0. The molecule has 3 rings (SSSR count). The van der Waals surface area contributed by atoms with Crippen LogP contribution in [-0.2, 0) is 14.8 Å². The van der Waals surface area contributed by atoms with E-state index < -0.39 is 10.0 Å². The third-order valence-electron chi connectivity index (χ3n) is 4.47. The molecule has 6 nitrogen and oxygen atoms in total. The maximum Gasteiger partial charge on any atom is 0.214 e. The molecular weight excluding hydrogens is 316 g/mol. The maximum absolute atomic E-state index is 12.5. The monoisotopic (exact) mass is 340 g/mol. The lowest BCUT2D eigenvalue weighted by atomic mass is 10.2. The Bertz CT molecular complexity index is 629. The molecule has 2 aliphatic rings. The second-order valence-corrected chi connectivity index (χ2v) is 8.30. The van der Waals surface area contributed by atoms with E-state index in [-0.39, 0.29) is 18.0 Å². The Kier molecular flexibility index (Phi) is 5.18. The topological polar surface area (TPSA) is 68.7 Å². The Morgan fingerprint density at radius 1 is 1.43 bits per heavy atom. The third-order valence-corrected chi connectivity index (χ3v) is 6.35. The van der Waals surface area contributed by atoms with E-state index in [9.17, 15) is 8.42 Å². The third kappa shape index (κ3) is 4.22. The van der Waals surface area contributed by atoms with Gasteiger partial charge < -0.3 is 9.47 Å². The average molecular weight is 340 g/mol. The van der Waals surface area contributed by atoms with Gasteiger partial charge in [0.05, 0.1) is 24.1 Å². The molecule has 128 valence electrons. The van der Waals surface area contributed by atoms with E-state index in [1.54, 1.807) is 10.5 Å². The van der Waals surface area contributed by atoms with Crippen LogP contribution in [0.5, 0.6) is 5.75 Å². The number of aryl methyl sites for hydroxylation is 1. The van der Waals surface area contributed by atoms with Gasteiger partial charge in [0.15, 0.2) is 0 Å². The molecule has 2 atom stereocenters. The van der Waals surface area contributed by atoms with E-state index in [1.807, 2.05) is 19.1 Å². The number of rotatable bonds is 6. The molecule has 0 unspecified atom stereocenters. The van der Waals surface area contributed by atoms with E-state index in [2.05, 4.69) is 4.98 Å². The predicted octanol–water partition coefficient (Wildman–Crippen LogP) is 1.74. The molecular formula is C16H24N2O4S. The van der Waals surface area contributed by atoms with E-state index in [4.69, 9.17) is 9.47 Å². The molecule has 7 heteroatoms. The predicted molar refractivity (Wildman–Crippen MR) is 87.0 cm³/mol. The van der Waals surface area contributed by atoms with Crippen molar-refractivity contribution in [1.29, 1.82) is 0 Å². The van der Waals surface area contributed by atoms with Crippen molar-refractivity contribution < 1.29 is 17.9 Å². The Morgan fingerprint density at radius 3 is 3.04 bits per heavy atom. The molecule has 2 fully saturated rings. The fourth-order valence-electron chi connectivity index (χ4n) is 3.10. The number of hydrogen-bond donors (Lipinski definition) is 0. The van der Waals surface area contributed by atoms with Crippen molar-refractivity contribution in [3.63, 3.8) is 0 Å². The quantitative estimate of drug-likeness (QED) is 0.789. The molecule has 1 aromatic rings. The van der Waals surface area contributed by atoms with Crippen molar-refractivity contribution in [2.75, 3.05) is 25.4 Å². The molecule has 0 N–H and O–H groups in total. The van der Waals surface area contributed by atoms with Gasteiger partial charge in [-0.2, -0.15) is 4.31 Å². The first-order valence-corrected chi connectivity index (χ1v) is 9.83. The van der Waals surface area contributed by atoms with Crippen LogP contribution < -0.4 is 4.74 Å². The van der Waals surface area contributed by atoms with Crippen LogP contribution in [0.15, 0.2) is 18.3 Å². The van der Waals surface area contributed by atoms with Crippen molar-refractivity contribution >= 4 is 10.0 Å². The number of ether oxygens (including phenoxy) is 2. The highest BCUT2D eigenvalue weighted by molar-refractivity contribution is 7.89. The summed E-state index contributed by atoms with van der Waals surface area (Å²) in [7, 11) is -3.23. The highest BCUT2D eigenvalue weighted by atomic mass is 32.2. The standard InChI is InChI=1S/C16H24N2O4S/c1-13-16(5-2-8-17-13)22-15-6-9-18(12-15)23(19,20)11-7-14-4-3-10-21-14/h2,5,8,14-15H,3-4,6-7,9-12H2,1H3/t14-,15-/m0/s1. The second-order valence-electron chi connectivity index (χ2n) is 6.21. The molecule has 3 heterocycles. The minimum absolute atomic E-state index is 0.101. The van der Waals surface area contributed by atoms with E-state index in [1.165, 1.54) is 0 Å². The first kappa shape index (κ1) is 16.7. The first-order chi connectivity index (χ1) is 11.0. The van der Waals surface area contributed by atoms with Crippen molar-refractivity contribution in [2.24, 2.45) is 0 Å². The van der Waals surface area contributed by atoms with Gasteiger partial charge in [-0.3, -0.25) is 4.98 Å². The largest absolute Gasteiger partial charge is 0.487 e. The lowest BCUT2D eigenvalue weighted by molar-refractivity contribution is 0.108. The maximum atomic E-state index is 12.5. The molecule has 2 saturated heterocycles. The Morgan fingerprint density at radius 2 is 2.30 bits per heavy atom. The van der Waals surface area contributed by atoms with Crippen LogP contribution >= 0.6 is 0 Å². The summed E-state index contributed by atoms with van der Waals surface area (Å²) in [6.07, 6.45) is 5.04. The second kappa shape index (κ2) is 7.15. The van der Waals surface area contributed by atoms with Crippen LogP contribution in [0.3, 0.4) is 0 Å². The zero-order chi connectivity index (χ0) is 16.3. The van der Waals surface area contributed by atoms with Crippen LogP contribution in [0.2, 0.25) is 0 Å². The summed E-state index contributed by atoms with van der Waals surface area (Å²) in [5.74, 6) is 0.896. The van der Waals surface area contributed by atoms with E-state index in [0.717, 1.165) is 30.9 Å². The number of pyridine rings is 1. The zero-order valence-electron chi connectivity index (χ0n) is 13.5. The smallest absolute Gasteiger partial charge is 0.214 e. The SMILES string of the molecule is Cc1ncccc1O[C@H]1CCN(S(=O)(=O)CC[C@@H]2CCCO2)C1. The van der Waals surface area contributed by atoms with Gasteiger partial charge in [-0.05, 0) is 44.7 Å². The average Bonchev–Trinajstić information content (AvgIpc) is 3.19. The van der Waals surface area contributed by atoms with Gasteiger partial charge >= 0.3 is 0 Å². The minimum Gasteiger partial charge on any atom is -0.487 e. The summed E-state index contributed by atoms with van der Waals surface area (Å²) in [6, 6.07) is 3.70. The number of hydrogen-bond acceptors (Lipinski definition) is 5. The minimum atomic E-state index is -3.23. The Labute approximate surface area is 137 Å². The molecule has 1 aromatic heterocycles. The molecule has 0 aromatic carbocycles. The molecule has 2 aliphatic heterocycles. The Hall–Kier alpha value is -1.18. The molecule has 0 amide bonds. The number of nitrogens with zero attached hydrogens (tertiary/aromatic N) is 2. The van der Waals surface area contributed by atoms with Crippen molar-refractivity contribution in [1.82, 2.24) is 9.29 Å². The van der Waals surface area contributed by atoms with Gasteiger partial charge in [-0.1, -0.05) is 0 Å². The van der Waals surface area contributed by atoms with E-state index >= 15 is 0 Å². The highest BCUT2D eigenvalue weighted by Crippen LogP contribution is 2.23. The highest BCUT2D eigenvalue weighted by Gasteiger charge is 2.33. The normalized spacial score (nSPS) is 25.8. The van der Waals surface area contributed by atoms with Crippen molar-refractivity contribution in [2.45, 2.75) is 44.8 Å². The summed E-state index contributed by atoms with van der Waals surface area (Å²) >= 11 is 0. The lowest BCUT2D eigenvalue weighted by Crippen LogP contribution is -2.33. The summed E-state index contributed by atoms with van der Waals surface area (Å²) < 4.78 is 37.9. The Balaban J connectivity index is 1.53. The van der Waals surface area contributed by atoms with Crippen molar-refractivity contribution in [3.05, 3.63) is 24.0 Å². The lowest BCUT2D eigenvalue weighted by Gasteiger charge is -2.18. The van der Waals surface area contributed by atoms with Gasteiger partial charge in [0.2, 0.25) is 10.0 Å². The van der Waals surface area contributed by atoms with E-state index in [0.29, 0.717) is 25.9 Å². The summed E-state index contributed by atoms with van der Waals surface area (Å²) in [5.41, 5.74) is 0.826. The van der Waals surface area contributed by atoms with Gasteiger partial charge in [0.1, 0.15) is 11.9 Å². The van der Waals surface area contributed by atoms with Crippen LogP contribution in [-0.4, -0.2) is 55.4 Å². The molecule has 0 aliphatic carbocycles. The van der Waals surface area contributed by atoms with Gasteiger partial charge in [-0.15, -0.1) is 0 Å². The van der Waals surface area contributed by atoms with Gasteiger partial charge in [0.25, 0.3) is 0 Å². The zero-order valence-corrected chi connectivity index (χ0v) is 14.3. The molecule has 0 bridgehead atoms.